The Morgan fingerprint density at radius 1 is 0.966 bits per heavy atom. The predicted molar refractivity (Wildman–Crippen MR) is 109 cm³/mol. The molecule has 0 aromatic heterocycles. The SMILES string of the molecule is O=C([C@H]1C[C@H](Oc2ccccc2)CN1C(=O)Nc1ccccc1)N1CCOCC1. The minimum atomic E-state index is -0.550. The zero-order chi connectivity index (χ0) is 20.1. The molecule has 0 radical (unpaired) electrons. The van der Waals surface area contributed by atoms with E-state index in [1.807, 2.05) is 60.7 Å². The zero-order valence-electron chi connectivity index (χ0n) is 16.2. The molecule has 2 heterocycles. The third-order valence-electron chi connectivity index (χ3n) is 5.20. The van der Waals surface area contributed by atoms with Gasteiger partial charge in [-0.05, 0) is 24.3 Å². The quantitative estimate of drug-likeness (QED) is 0.864. The molecule has 7 heteroatoms. The molecule has 2 fully saturated rings. The molecule has 152 valence electrons. The van der Waals surface area contributed by atoms with Crippen molar-refractivity contribution in [3.8, 4) is 5.75 Å². The number of hydrogen-bond donors (Lipinski definition) is 1. The zero-order valence-corrected chi connectivity index (χ0v) is 16.2. The highest BCUT2D eigenvalue weighted by atomic mass is 16.5. The molecule has 2 aliphatic rings. The molecular formula is C22H25N3O4. The number of hydrogen-bond acceptors (Lipinski definition) is 4. The number of morpholine rings is 1. The first-order chi connectivity index (χ1) is 14.2. The van der Waals surface area contributed by atoms with Gasteiger partial charge in [-0.15, -0.1) is 0 Å². The molecular weight excluding hydrogens is 370 g/mol. The summed E-state index contributed by atoms with van der Waals surface area (Å²) in [4.78, 5) is 29.5. The lowest BCUT2D eigenvalue weighted by Crippen LogP contribution is -2.51. The van der Waals surface area contributed by atoms with Crippen LogP contribution in [0.25, 0.3) is 0 Å². The molecule has 2 aromatic carbocycles. The van der Waals surface area contributed by atoms with Crippen LogP contribution in [-0.2, 0) is 9.53 Å². The van der Waals surface area contributed by atoms with Crippen molar-refractivity contribution >= 4 is 17.6 Å². The molecule has 4 rings (SSSR count). The van der Waals surface area contributed by atoms with Crippen LogP contribution < -0.4 is 10.1 Å². The third kappa shape index (κ3) is 4.68. The summed E-state index contributed by atoms with van der Waals surface area (Å²) in [6, 6.07) is 17.9. The van der Waals surface area contributed by atoms with Crippen LogP contribution in [0.5, 0.6) is 5.75 Å². The predicted octanol–water partition coefficient (Wildman–Crippen LogP) is 2.60. The lowest BCUT2D eigenvalue weighted by Gasteiger charge is -2.32. The number of nitrogens with one attached hydrogen (secondary N) is 1. The van der Waals surface area contributed by atoms with Crippen molar-refractivity contribution in [3.63, 3.8) is 0 Å². The first-order valence-electron chi connectivity index (χ1n) is 9.91. The second-order valence-electron chi connectivity index (χ2n) is 7.19. The van der Waals surface area contributed by atoms with Crippen molar-refractivity contribution in [3.05, 3.63) is 60.7 Å². The van der Waals surface area contributed by atoms with E-state index in [1.54, 1.807) is 9.80 Å². The van der Waals surface area contributed by atoms with E-state index < -0.39 is 6.04 Å². The van der Waals surface area contributed by atoms with Gasteiger partial charge in [0.1, 0.15) is 17.9 Å². The standard InChI is InChI=1S/C22H25N3O4/c26-21(24-11-13-28-14-12-24)20-15-19(29-18-9-5-2-6-10-18)16-25(20)22(27)23-17-7-3-1-4-8-17/h1-10,19-20H,11-16H2,(H,23,27)/t19-,20+/m0/s1. The van der Waals surface area contributed by atoms with Gasteiger partial charge in [0.15, 0.2) is 0 Å². The Morgan fingerprint density at radius 3 is 2.31 bits per heavy atom. The van der Waals surface area contributed by atoms with Crippen molar-refractivity contribution in [1.29, 1.82) is 0 Å². The van der Waals surface area contributed by atoms with E-state index in [-0.39, 0.29) is 18.0 Å². The molecule has 2 saturated heterocycles. The molecule has 0 saturated carbocycles. The number of carbonyl (C=O) groups excluding carboxylic acids is 2. The Labute approximate surface area is 170 Å². The fourth-order valence-corrected chi connectivity index (χ4v) is 3.74. The van der Waals surface area contributed by atoms with Crippen molar-refractivity contribution in [2.24, 2.45) is 0 Å². The van der Waals surface area contributed by atoms with Crippen LogP contribution >= 0.6 is 0 Å². The summed E-state index contributed by atoms with van der Waals surface area (Å²) in [6.45, 7) is 2.51. The molecule has 29 heavy (non-hydrogen) atoms. The van der Waals surface area contributed by atoms with E-state index in [4.69, 9.17) is 9.47 Å². The first-order valence-corrected chi connectivity index (χ1v) is 9.91. The number of anilines is 1. The maximum Gasteiger partial charge on any atom is 0.322 e. The highest BCUT2D eigenvalue weighted by Gasteiger charge is 2.42. The minimum absolute atomic E-state index is 0.0457. The van der Waals surface area contributed by atoms with Crippen molar-refractivity contribution in [2.75, 3.05) is 38.2 Å². The minimum Gasteiger partial charge on any atom is -0.488 e. The van der Waals surface area contributed by atoms with Crippen LogP contribution in [0.15, 0.2) is 60.7 Å². The van der Waals surface area contributed by atoms with Gasteiger partial charge in [0.05, 0.1) is 19.8 Å². The van der Waals surface area contributed by atoms with Crippen molar-refractivity contribution < 1.29 is 19.1 Å². The number of amides is 3. The van der Waals surface area contributed by atoms with Gasteiger partial charge in [0.2, 0.25) is 5.91 Å². The van der Waals surface area contributed by atoms with E-state index in [9.17, 15) is 9.59 Å². The van der Waals surface area contributed by atoms with Gasteiger partial charge in [0.25, 0.3) is 0 Å². The molecule has 2 atom stereocenters. The summed E-state index contributed by atoms with van der Waals surface area (Å²) < 4.78 is 11.4. The van der Waals surface area contributed by atoms with Gasteiger partial charge in [-0.25, -0.2) is 4.79 Å². The fourth-order valence-electron chi connectivity index (χ4n) is 3.74. The molecule has 0 bridgehead atoms. The van der Waals surface area contributed by atoms with Crippen molar-refractivity contribution in [2.45, 2.75) is 18.6 Å². The Balaban J connectivity index is 1.49. The smallest absolute Gasteiger partial charge is 0.322 e. The lowest BCUT2D eigenvalue weighted by atomic mass is 10.1. The Hall–Kier alpha value is -3.06. The Morgan fingerprint density at radius 2 is 1.62 bits per heavy atom. The van der Waals surface area contributed by atoms with Crippen LogP contribution in [0.1, 0.15) is 6.42 Å². The number of likely N-dealkylation sites (tertiary alicyclic amines) is 1. The number of carbonyl (C=O) groups is 2. The van der Waals surface area contributed by atoms with Gasteiger partial charge < -0.3 is 24.6 Å². The summed E-state index contributed by atoms with van der Waals surface area (Å²) in [5.74, 6) is 0.691. The molecule has 0 unspecified atom stereocenters. The first kappa shape index (κ1) is 19.3. The summed E-state index contributed by atoms with van der Waals surface area (Å²) in [7, 11) is 0. The number of ether oxygens (including phenoxy) is 2. The molecule has 0 aliphatic carbocycles. The van der Waals surface area contributed by atoms with E-state index in [0.29, 0.717) is 45.0 Å². The van der Waals surface area contributed by atoms with Crippen LogP contribution in [0.4, 0.5) is 10.5 Å². The largest absolute Gasteiger partial charge is 0.488 e. The molecule has 2 aliphatic heterocycles. The number of nitrogens with zero attached hydrogens (tertiary/aromatic N) is 2. The monoisotopic (exact) mass is 395 g/mol. The van der Waals surface area contributed by atoms with E-state index in [1.165, 1.54) is 0 Å². The molecule has 2 aromatic rings. The van der Waals surface area contributed by atoms with Crippen molar-refractivity contribution in [1.82, 2.24) is 9.80 Å². The fraction of sp³-hybridized carbons (Fsp3) is 0.364. The van der Waals surface area contributed by atoms with Gasteiger partial charge in [-0.2, -0.15) is 0 Å². The van der Waals surface area contributed by atoms with E-state index in [0.717, 1.165) is 5.75 Å². The summed E-state index contributed by atoms with van der Waals surface area (Å²) >= 11 is 0. The number of benzene rings is 2. The maximum absolute atomic E-state index is 13.2. The number of para-hydroxylation sites is 2. The number of urea groups is 1. The van der Waals surface area contributed by atoms with Gasteiger partial charge in [0, 0.05) is 25.2 Å². The van der Waals surface area contributed by atoms with Crippen LogP contribution in [0.3, 0.4) is 0 Å². The van der Waals surface area contributed by atoms with Gasteiger partial charge in [-0.1, -0.05) is 36.4 Å². The average Bonchev–Trinajstić information content (AvgIpc) is 3.19. The molecule has 1 N–H and O–H groups in total. The number of rotatable bonds is 4. The molecule has 7 nitrogen and oxygen atoms in total. The molecule has 0 spiro atoms. The van der Waals surface area contributed by atoms with Crippen LogP contribution in [-0.4, -0.2) is 66.7 Å². The normalized spacial score (nSPS) is 21.7. The summed E-state index contributed by atoms with van der Waals surface area (Å²) in [6.07, 6.45) is 0.224. The average molecular weight is 395 g/mol. The van der Waals surface area contributed by atoms with Crippen LogP contribution in [0.2, 0.25) is 0 Å². The second kappa shape index (κ2) is 8.96. The Bertz CT molecular complexity index is 824. The Kier molecular flexibility index (Phi) is 5.95. The maximum atomic E-state index is 13.2. The topological polar surface area (TPSA) is 71.1 Å². The highest BCUT2D eigenvalue weighted by molar-refractivity contribution is 5.94. The van der Waals surface area contributed by atoms with E-state index >= 15 is 0 Å². The summed E-state index contributed by atoms with van der Waals surface area (Å²) in [5, 5.41) is 2.89. The highest BCUT2D eigenvalue weighted by Crippen LogP contribution is 2.26. The van der Waals surface area contributed by atoms with Crippen LogP contribution in [0, 0.1) is 0 Å². The van der Waals surface area contributed by atoms with Gasteiger partial charge >= 0.3 is 6.03 Å². The van der Waals surface area contributed by atoms with E-state index in [2.05, 4.69) is 5.32 Å². The summed E-state index contributed by atoms with van der Waals surface area (Å²) in [5.41, 5.74) is 0.697. The third-order valence-corrected chi connectivity index (χ3v) is 5.20. The lowest BCUT2D eigenvalue weighted by molar-refractivity contribution is -0.139. The van der Waals surface area contributed by atoms with Gasteiger partial charge in [-0.3, -0.25) is 4.79 Å². The molecule has 3 amide bonds. The second-order valence-corrected chi connectivity index (χ2v) is 7.19.